The van der Waals surface area contributed by atoms with Gasteiger partial charge in [-0.25, -0.2) is 0 Å². The van der Waals surface area contributed by atoms with Crippen LogP contribution < -0.4 is 5.73 Å². The monoisotopic (exact) mass is 295 g/mol. The predicted molar refractivity (Wildman–Crippen MR) is 86.3 cm³/mol. The van der Waals surface area contributed by atoms with Crippen LogP contribution in [-0.2, 0) is 6.42 Å². The zero-order chi connectivity index (χ0) is 14.8. The molecule has 1 fully saturated rings. The van der Waals surface area contributed by atoms with Crippen LogP contribution in [-0.4, -0.2) is 55.1 Å². The molecule has 1 aromatic carbocycles. The van der Waals surface area contributed by atoms with Crippen LogP contribution in [0.15, 0.2) is 24.3 Å². The van der Waals surface area contributed by atoms with E-state index in [-0.39, 0.29) is 5.54 Å². The van der Waals surface area contributed by atoms with Crippen LogP contribution in [0.4, 0.5) is 0 Å². The third kappa shape index (κ3) is 3.53. The van der Waals surface area contributed by atoms with Crippen LogP contribution in [0.25, 0.3) is 0 Å². The van der Waals surface area contributed by atoms with E-state index in [1.807, 2.05) is 12.1 Å². The van der Waals surface area contributed by atoms with Crippen molar-refractivity contribution in [3.8, 4) is 0 Å². The largest absolute Gasteiger partial charge is 0.329 e. The van der Waals surface area contributed by atoms with Gasteiger partial charge >= 0.3 is 0 Å². The molecule has 2 unspecified atom stereocenters. The van der Waals surface area contributed by atoms with E-state index >= 15 is 0 Å². The van der Waals surface area contributed by atoms with Crippen molar-refractivity contribution in [2.75, 3.05) is 33.7 Å². The molecule has 0 bridgehead atoms. The van der Waals surface area contributed by atoms with Crippen LogP contribution in [0.3, 0.4) is 0 Å². The van der Waals surface area contributed by atoms with E-state index in [1.54, 1.807) is 0 Å². The summed E-state index contributed by atoms with van der Waals surface area (Å²) in [6.45, 7) is 5.19. The zero-order valence-electron chi connectivity index (χ0n) is 12.8. The van der Waals surface area contributed by atoms with E-state index in [9.17, 15) is 0 Å². The number of hydrogen-bond acceptors (Lipinski definition) is 3. The fourth-order valence-corrected chi connectivity index (χ4v) is 3.13. The van der Waals surface area contributed by atoms with E-state index in [0.717, 1.165) is 24.5 Å². The Labute approximate surface area is 127 Å². The molecule has 2 atom stereocenters. The van der Waals surface area contributed by atoms with Crippen LogP contribution >= 0.6 is 11.6 Å². The Balaban J connectivity index is 2.07. The Morgan fingerprint density at radius 1 is 1.35 bits per heavy atom. The van der Waals surface area contributed by atoms with Crippen LogP contribution in [0.1, 0.15) is 18.9 Å². The highest BCUT2D eigenvalue weighted by Crippen LogP contribution is 2.26. The number of nitrogens with zero attached hydrogens (tertiary/aromatic N) is 2. The Morgan fingerprint density at radius 2 is 2.00 bits per heavy atom. The van der Waals surface area contributed by atoms with E-state index in [4.69, 9.17) is 17.3 Å². The summed E-state index contributed by atoms with van der Waals surface area (Å²) in [6.07, 6.45) is 2.20. The predicted octanol–water partition coefficient (Wildman–Crippen LogP) is 2.24. The zero-order valence-corrected chi connectivity index (χ0v) is 13.5. The fraction of sp³-hybridized carbons (Fsp3) is 0.625. The van der Waals surface area contributed by atoms with Gasteiger partial charge in [-0.2, -0.15) is 0 Å². The summed E-state index contributed by atoms with van der Waals surface area (Å²) in [4.78, 5) is 4.87. The van der Waals surface area contributed by atoms with Gasteiger partial charge in [0.05, 0.1) is 0 Å². The third-order valence-electron chi connectivity index (χ3n) is 4.60. The second kappa shape index (κ2) is 6.44. The molecular weight excluding hydrogens is 270 g/mol. The molecule has 1 saturated heterocycles. The average molecular weight is 296 g/mol. The molecule has 20 heavy (non-hydrogen) atoms. The second-order valence-electron chi connectivity index (χ2n) is 6.36. The molecule has 0 spiro atoms. The fourth-order valence-electron chi connectivity index (χ4n) is 3.01. The molecule has 2 rings (SSSR count). The van der Waals surface area contributed by atoms with Crippen molar-refractivity contribution in [2.45, 2.75) is 31.3 Å². The minimum atomic E-state index is 0.0264. The lowest BCUT2D eigenvalue weighted by molar-refractivity contribution is 0.131. The van der Waals surface area contributed by atoms with E-state index < -0.39 is 0 Å². The topological polar surface area (TPSA) is 32.5 Å². The molecule has 4 heteroatoms. The third-order valence-corrected chi connectivity index (χ3v) is 4.85. The molecule has 3 nitrogen and oxygen atoms in total. The van der Waals surface area contributed by atoms with Crippen molar-refractivity contribution < 1.29 is 0 Å². The van der Waals surface area contributed by atoms with Gasteiger partial charge in [-0.05, 0) is 51.6 Å². The summed E-state index contributed by atoms with van der Waals surface area (Å²) in [6, 6.07) is 8.78. The van der Waals surface area contributed by atoms with Gasteiger partial charge < -0.3 is 10.6 Å². The SMILES string of the molecule is CN(C)C1CCN(C(C)(CN)Cc2ccc(Cl)cc2)C1. The number of nitrogens with two attached hydrogens (primary N) is 1. The van der Waals surface area contributed by atoms with Gasteiger partial charge in [-0.15, -0.1) is 0 Å². The molecule has 2 N–H and O–H groups in total. The number of benzene rings is 1. The van der Waals surface area contributed by atoms with Gasteiger partial charge in [-0.3, -0.25) is 4.90 Å². The van der Waals surface area contributed by atoms with E-state index in [2.05, 4.69) is 43.0 Å². The van der Waals surface area contributed by atoms with Gasteiger partial charge in [-0.1, -0.05) is 23.7 Å². The summed E-state index contributed by atoms with van der Waals surface area (Å²) in [5.41, 5.74) is 7.43. The summed E-state index contributed by atoms with van der Waals surface area (Å²) >= 11 is 5.96. The van der Waals surface area contributed by atoms with Crippen molar-refractivity contribution in [3.05, 3.63) is 34.9 Å². The first-order valence-corrected chi connectivity index (χ1v) is 7.68. The van der Waals surface area contributed by atoms with Crippen LogP contribution in [0.2, 0.25) is 5.02 Å². The maximum Gasteiger partial charge on any atom is 0.0406 e. The number of likely N-dealkylation sites (tertiary alicyclic amines) is 1. The summed E-state index contributed by atoms with van der Waals surface area (Å²) in [5, 5.41) is 0.789. The molecule has 1 aliphatic rings. The lowest BCUT2D eigenvalue weighted by Crippen LogP contribution is -2.53. The van der Waals surface area contributed by atoms with Crippen LogP contribution in [0, 0.1) is 0 Å². The summed E-state index contributed by atoms with van der Waals surface area (Å²) in [7, 11) is 4.32. The number of rotatable bonds is 5. The smallest absolute Gasteiger partial charge is 0.0406 e. The first kappa shape index (κ1) is 15.8. The maximum atomic E-state index is 6.10. The normalized spacial score (nSPS) is 23.2. The molecule has 0 radical (unpaired) electrons. The van der Waals surface area contributed by atoms with Gasteiger partial charge in [0.2, 0.25) is 0 Å². The average Bonchev–Trinajstić information content (AvgIpc) is 2.92. The van der Waals surface area contributed by atoms with Gasteiger partial charge in [0.25, 0.3) is 0 Å². The van der Waals surface area contributed by atoms with Gasteiger partial charge in [0.1, 0.15) is 0 Å². The van der Waals surface area contributed by atoms with Gasteiger partial charge in [0, 0.05) is 36.2 Å². The highest BCUT2D eigenvalue weighted by molar-refractivity contribution is 6.30. The molecular formula is C16H26ClN3. The lowest BCUT2D eigenvalue weighted by atomic mass is 9.91. The van der Waals surface area contributed by atoms with Crippen LogP contribution in [0.5, 0.6) is 0 Å². The molecule has 1 heterocycles. The summed E-state index contributed by atoms with van der Waals surface area (Å²) in [5.74, 6) is 0. The number of halogens is 1. The second-order valence-corrected chi connectivity index (χ2v) is 6.79. The summed E-state index contributed by atoms with van der Waals surface area (Å²) < 4.78 is 0. The standard InChI is InChI=1S/C16H26ClN3/c1-16(12-18,10-13-4-6-14(17)7-5-13)20-9-8-15(11-20)19(2)3/h4-7,15H,8-12,18H2,1-3H3. The van der Waals surface area contributed by atoms with Crippen molar-refractivity contribution >= 4 is 11.6 Å². The first-order chi connectivity index (χ1) is 9.44. The van der Waals surface area contributed by atoms with E-state index in [1.165, 1.54) is 12.0 Å². The minimum absolute atomic E-state index is 0.0264. The van der Waals surface area contributed by atoms with Crippen molar-refractivity contribution in [1.82, 2.24) is 9.80 Å². The number of hydrogen-bond donors (Lipinski definition) is 1. The van der Waals surface area contributed by atoms with Crippen molar-refractivity contribution in [3.63, 3.8) is 0 Å². The van der Waals surface area contributed by atoms with E-state index in [0.29, 0.717) is 12.6 Å². The highest BCUT2D eigenvalue weighted by atomic mass is 35.5. The molecule has 0 aliphatic carbocycles. The number of likely N-dealkylation sites (N-methyl/N-ethyl adjacent to an activating group) is 1. The Hall–Kier alpha value is -0.610. The molecule has 0 saturated carbocycles. The lowest BCUT2D eigenvalue weighted by Gasteiger charge is -2.38. The first-order valence-electron chi connectivity index (χ1n) is 7.30. The van der Waals surface area contributed by atoms with Gasteiger partial charge in [0.15, 0.2) is 0 Å². The molecule has 1 aromatic rings. The maximum absolute atomic E-state index is 6.10. The Bertz CT molecular complexity index is 432. The van der Waals surface area contributed by atoms with Crippen molar-refractivity contribution in [2.24, 2.45) is 5.73 Å². The molecule has 0 aromatic heterocycles. The molecule has 112 valence electrons. The highest BCUT2D eigenvalue weighted by Gasteiger charge is 2.36. The quantitative estimate of drug-likeness (QED) is 0.904. The minimum Gasteiger partial charge on any atom is -0.329 e. The Kier molecular flexibility index (Phi) is 5.08. The molecule has 1 aliphatic heterocycles. The van der Waals surface area contributed by atoms with Crippen molar-refractivity contribution in [1.29, 1.82) is 0 Å². The molecule has 0 amide bonds. The Morgan fingerprint density at radius 3 is 2.50 bits per heavy atom.